The van der Waals surface area contributed by atoms with Crippen molar-refractivity contribution >= 4 is 54.9 Å². The van der Waals surface area contributed by atoms with Gasteiger partial charge < -0.3 is 31.6 Å². The third-order valence-electron chi connectivity index (χ3n) is 12.0. The number of carbonyl (C=O) groups is 2. The number of aryl methyl sites for hydroxylation is 2. The van der Waals surface area contributed by atoms with Gasteiger partial charge in [0.15, 0.2) is 0 Å². The molecule has 4 heterocycles. The molecule has 4 aromatic heterocycles. The number of hydrogen-bond donors (Lipinski definition) is 3. The maximum Gasteiger partial charge on any atom is 0.225 e. The van der Waals surface area contributed by atoms with Crippen LogP contribution in [0.25, 0.3) is 20.4 Å². The molecule has 14 heteroatoms. The van der Waals surface area contributed by atoms with Crippen molar-refractivity contribution in [2.75, 3.05) is 14.1 Å². The van der Waals surface area contributed by atoms with Crippen LogP contribution in [0.1, 0.15) is 138 Å². The topological polar surface area (TPSA) is 185 Å². The quantitative estimate of drug-likeness (QED) is 0.158. The van der Waals surface area contributed by atoms with Gasteiger partial charge in [-0.25, -0.2) is 19.9 Å². The van der Waals surface area contributed by atoms with Gasteiger partial charge in [-0.1, -0.05) is 14.9 Å². The van der Waals surface area contributed by atoms with Gasteiger partial charge in [-0.15, -0.1) is 22.7 Å². The van der Waals surface area contributed by atoms with Crippen molar-refractivity contribution in [3.05, 3.63) is 33.5 Å². The molecule has 4 aliphatic carbocycles. The minimum atomic E-state index is -0.258. The number of nitrogens with zero attached hydrogens (tertiary/aromatic N) is 5. The SMILES string of the molecule is C.C.CC1(N)CCC(Oc2ncnc3sc4c(c23)[C@@H](CC(N)=O)CC4)CC1.CN(C)C1(C)CCC(Oc2ncnc3sc4c(c23)[C@@H](CC(N)=O)CC4)CC1. The number of carbonyl (C=O) groups excluding carboxylic acids is 2. The summed E-state index contributed by atoms with van der Waals surface area (Å²) in [4.78, 5) is 47.6. The van der Waals surface area contributed by atoms with E-state index in [0.29, 0.717) is 24.6 Å². The first kappa shape index (κ1) is 41.7. The van der Waals surface area contributed by atoms with Crippen LogP contribution in [0.4, 0.5) is 0 Å². The summed E-state index contributed by atoms with van der Waals surface area (Å²) in [6, 6.07) is 0. The molecule has 2 amide bonds. The number of ether oxygens (including phenoxy) is 2. The number of nitrogens with two attached hydrogens (primary N) is 3. The van der Waals surface area contributed by atoms with E-state index in [-0.39, 0.29) is 61.8 Å². The zero-order valence-corrected chi connectivity index (χ0v) is 32.4. The van der Waals surface area contributed by atoms with E-state index in [1.54, 1.807) is 35.3 Å². The van der Waals surface area contributed by atoms with E-state index in [4.69, 9.17) is 26.7 Å². The van der Waals surface area contributed by atoms with Crippen LogP contribution in [0, 0.1) is 0 Å². The zero-order valence-electron chi connectivity index (χ0n) is 30.8. The van der Waals surface area contributed by atoms with E-state index < -0.39 is 0 Å². The van der Waals surface area contributed by atoms with Crippen LogP contribution in [0.15, 0.2) is 12.7 Å². The molecule has 0 aromatic carbocycles. The van der Waals surface area contributed by atoms with E-state index >= 15 is 0 Å². The minimum absolute atomic E-state index is 0. The molecular weight excluding hydrogens is 721 g/mol. The van der Waals surface area contributed by atoms with Crippen LogP contribution >= 0.6 is 22.7 Å². The normalized spacial score (nSPS) is 27.3. The smallest absolute Gasteiger partial charge is 0.225 e. The van der Waals surface area contributed by atoms with Gasteiger partial charge in [0.05, 0.1) is 10.8 Å². The molecule has 0 bridgehead atoms. The molecule has 12 nitrogen and oxygen atoms in total. The van der Waals surface area contributed by atoms with Crippen LogP contribution in [-0.4, -0.2) is 74.0 Å². The third kappa shape index (κ3) is 8.66. The van der Waals surface area contributed by atoms with Gasteiger partial charge in [0.25, 0.3) is 0 Å². The van der Waals surface area contributed by atoms with E-state index in [9.17, 15) is 9.59 Å². The molecular formula is C40H60N8O4S2. The van der Waals surface area contributed by atoms with Crippen molar-refractivity contribution < 1.29 is 19.1 Å². The Hall–Kier alpha value is -3.46. The molecule has 2 atom stereocenters. The Morgan fingerprint density at radius 2 is 1.13 bits per heavy atom. The number of aromatic nitrogens is 4. The van der Waals surface area contributed by atoms with E-state index in [0.717, 1.165) is 97.5 Å². The first-order valence-corrected chi connectivity index (χ1v) is 20.3. The number of primary amides is 2. The van der Waals surface area contributed by atoms with Crippen LogP contribution in [-0.2, 0) is 22.4 Å². The monoisotopic (exact) mass is 780 g/mol. The number of hydrogen-bond acceptors (Lipinski definition) is 12. The van der Waals surface area contributed by atoms with Crippen LogP contribution in [0.3, 0.4) is 0 Å². The largest absolute Gasteiger partial charge is 0.474 e. The van der Waals surface area contributed by atoms with Gasteiger partial charge >= 0.3 is 0 Å². The number of fused-ring (bicyclic) bond motifs is 6. The lowest BCUT2D eigenvalue weighted by molar-refractivity contribution is -0.119. The van der Waals surface area contributed by atoms with Gasteiger partial charge in [-0.2, -0.15) is 0 Å². The summed E-state index contributed by atoms with van der Waals surface area (Å²) >= 11 is 3.40. The first-order valence-electron chi connectivity index (χ1n) is 18.7. The molecule has 296 valence electrons. The lowest BCUT2D eigenvalue weighted by atomic mass is 9.81. The Morgan fingerprint density at radius 3 is 1.52 bits per heavy atom. The highest BCUT2D eigenvalue weighted by Crippen LogP contribution is 2.49. The van der Waals surface area contributed by atoms with E-state index in [1.807, 2.05) is 0 Å². The molecule has 0 unspecified atom stereocenters. The second kappa shape index (κ2) is 16.7. The predicted octanol–water partition coefficient (Wildman–Crippen LogP) is 7.15. The summed E-state index contributed by atoms with van der Waals surface area (Å²) in [5.41, 5.74) is 19.7. The highest BCUT2D eigenvalue weighted by atomic mass is 32.1. The minimum Gasteiger partial charge on any atom is -0.474 e. The average molecular weight is 781 g/mol. The molecule has 4 aliphatic rings. The zero-order chi connectivity index (χ0) is 36.8. The van der Waals surface area contributed by atoms with Crippen molar-refractivity contribution in [2.24, 2.45) is 17.2 Å². The summed E-state index contributed by atoms with van der Waals surface area (Å²) in [5, 5.41) is 2.01. The molecule has 2 saturated carbocycles. The molecule has 54 heavy (non-hydrogen) atoms. The Kier molecular flexibility index (Phi) is 12.9. The van der Waals surface area contributed by atoms with Gasteiger partial charge in [0.2, 0.25) is 23.6 Å². The molecule has 0 radical (unpaired) electrons. The lowest BCUT2D eigenvalue weighted by Gasteiger charge is -2.42. The average Bonchev–Trinajstić information content (AvgIpc) is 3.85. The highest BCUT2D eigenvalue weighted by Gasteiger charge is 2.36. The summed E-state index contributed by atoms with van der Waals surface area (Å²) in [7, 11) is 4.31. The van der Waals surface area contributed by atoms with Gasteiger partial charge in [-0.05, 0) is 128 Å². The number of rotatable bonds is 9. The molecule has 2 fully saturated rings. The summed E-state index contributed by atoms with van der Waals surface area (Å²) in [6.45, 7) is 4.43. The van der Waals surface area contributed by atoms with Gasteiger partial charge in [0.1, 0.15) is 34.5 Å². The standard InChI is InChI=1S/C20H28N4O2S.C18H24N4O2S.2CH4/c1-20(24(2)3)8-6-13(7-9-20)26-18-17-16-12(10-15(21)25)4-5-14(16)27-19(17)23-11-22-18;1-18(20)6-4-11(5-7-18)24-16-15-14-10(8-13(19)23)2-3-12(14)25-17(15)22-9-21-16;;/h11-13H,4-10H2,1-3H3,(H2,21,25);9-11H,2-8,20H2,1H3,(H2,19,23);2*1H4/t12-,13?,20?;10-,11?,18?;;/m11../s1. The molecule has 0 spiro atoms. The van der Waals surface area contributed by atoms with E-state index in [2.05, 4.69) is 52.8 Å². The highest BCUT2D eigenvalue weighted by molar-refractivity contribution is 7.19. The number of thiophene rings is 2. The van der Waals surface area contributed by atoms with Crippen LogP contribution in [0.5, 0.6) is 11.8 Å². The Bertz CT molecular complexity index is 1940. The van der Waals surface area contributed by atoms with Crippen molar-refractivity contribution in [1.29, 1.82) is 0 Å². The second-order valence-electron chi connectivity index (χ2n) is 16.1. The molecule has 4 aromatic rings. The maximum atomic E-state index is 11.5. The van der Waals surface area contributed by atoms with Crippen molar-refractivity contribution in [1.82, 2.24) is 24.8 Å². The summed E-state index contributed by atoms with van der Waals surface area (Å²) in [5.74, 6) is 1.17. The third-order valence-corrected chi connectivity index (χ3v) is 14.4. The maximum absolute atomic E-state index is 11.5. The van der Waals surface area contributed by atoms with Crippen LogP contribution < -0.4 is 26.7 Å². The number of amides is 2. The predicted molar refractivity (Wildman–Crippen MR) is 218 cm³/mol. The Morgan fingerprint density at radius 1 is 0.722 bits per heavy atom. The summed E-state index contributed by atoms with van der Waals surface area (Å²) < 4.78 is 12.7. The molecule has 0 aliphatic heterocycles. The molecule has 8 rings (SSSR count). The van der Waals surface area contributed by atoms with E-state index in [1.165, 1.54) is 20.9 Å². The first-order chi connectivity index (χ1) is 24.8. The summed E-state index contributed by atoms with van der Waals surface area (Å²) in [6.07, 6.45) is 16.2. The fraction of sp³-hybridized carbons (Fsp3) is 0.650. The fourth-order valence-electron chi connectivity index (χ4n) is 8.62. The molecule has 0 saturated heterocycles. The van der Waals surface area contributed by atoms with Crippen molar-refractivity contribution in [3.63, 3.8) is 0 Å². The van der Waals surface area contributed by atoms with Crippen molar-refractivity contribution in [3.8, 4) is 11.8 Å². The Balaban J connectivity index is 0.000000201. The van der Waals surface area contributed by atoms with Gasteiger partial charge in [-0.3, -0.25) is 9.59 Å². The second-order valence-corrected chi connectivity index (χ2v) is 18.3. The van der Waals surface area contributed by atoms with Gasteiger partial charge in [0, 0.05) is 33.7 Å². The molecule has 6 N–H and O–H groups in total. The fourth-order valence-corrected chi connectivity index (χ4v) is 11.1. The van der Waals surface area contributed by atoms with Crippen molar-refractivity contribution in [2.45, 2.75) is 154 Å². The van der Waals surface area contributed by atoms with Crippen LogP contribution in [0.2, 0.25) is 0 Å². The Labute approximate surface area is 328 Å². The lowest BCUT2D eigenvalue weighted by Crippen LogP contribution is -2.46.